The fourth-order valence-corrected chi connectivity index (χ4v) is 5.59. The summed E-state index contributed by atoms with van der Waals surface area (Å²) >= 11 is 1.70. The Morgan fingerprint density at radius 1 is 0.694 bits per heavy atom. The third-order valence-electron chi connectivity index (χ3n) is 6.57. The van der Waals surface area contributed by atoms with Crippen molar-refractivity contribution in [3.63, 3.8) is 0 Å². The van der Waals surface area contributed by atoms with Gasteiger partial charge >= 0.3 is 0 Å². The van der Waals surface area contributed by atoms with E-state index < -0.39 is 0 Å². The number of hydrogen-bond donors (Lipinski definition) is 0. The molecule has 0 radical (unpaired) electrons. The molecule has 0 atom stereocenters. The second kappa shape index (κ2) is 11.6. The highest BCUT2D eigenvalue weighted by Crippen LogP contribution is 2.41. The minimum absolute atomic E-state index is 0.722. The molecule has 0 aliphatic carbocycles. The number of methoxy groups -OCH3 is 2. The van der Waals surface area contributed by atoms with Gasteiger partial charge in [0.15, 0.2) is 0 Å². The van der Waals surface area contributed by atoms with Crippen LogP contribution in [0.5, 0.6) is 17.2 Å². The summed E-state index contributed by atoms with van der Waals surface area (Å²) in [6, 6.07) is 24.5. The van der Waals surface area contributed by atoms with Crippen molar-refractivity contribution >= 4 is 11.3 Å². The van der Waals surface area contributed by atoms with Crippen molar-refractivity contribution in [2.24, 2.45) is 0 Å². The molecular formula is C30H32N2O3S. The SMILES string of the molecule is COc1ccc(-c2nc(-c3ccc(OCCN4CCCCC4)cc3)sc2-c2ccc(OC)cc2)cc1. The van der Waals surface area contributed by atoms with E-state index in [1.165, 1.54) is 32.4 Å². The molecule has 36 heavy (non-hydrogen) atoms. The zero-order valence-corrected chi connectivity index (χ0v) is 21.7. The van der Waals surface area contributed by atoms with Crippen molar-refractivity contribution in [3.05, 3.63) is 72.8 Å². The number of hydrogen-bond acceptors (Lipinski definition) is 6. The van der Waals surface area contributed by atoms with Gasteiger partial charge in [-0.3, -0.25) is 4.90 Å². The van der Waals surface area contributed by atoms with Crippen molar-refractivity contribution in [2.45, 2.75) is 19.3 Å². The predicted octanol–water partition coefficient (Wildman–Crippen LogP) is 7.03. The molecule has 1 aliphatic heterocycles. The Morgan fingerprint density at radius 2 is 1.25 bits per heavy atom. The molecule has 186 valence electrons. The van der Waals surface area contributed by atoms with E-state index in [4.69, 9.17) is 19.2 Å². The monoisotopic (exact) mass is 500 g/mol. The number of nitrogens with zero attached hydrogens (tertiary/aromatic N) is 2. The van der Waals surface area contributed by atoms with Gasteiger partial charge in [-0.15, -0.1) is 11.3 Å². The summed E-state index contributed by atoms with van der Waals surface area (Å²) in [5, 5.41) is 0.978. The Bertz CT molecular complexity index is 1180. The van der Waals surface area contributed by atoms with Crippen LogP contribution >= 0.6 is 11.3 Å². The normalized spacial score (nSPS) is 13.9. The second-order valence-corrected chi connectivity index (χ2v) is 9.93. The fraction of sp³-hybridized carbons (Fsp3) is 0.300. The summed E-state index contributed by atoms with van der Waals surface area (Å²) in [6.07, 6.45) is 3.97. The molecule has 1 aromatic heterocycles. The van der Waals surface area contributed by atoms with E-state index in [1.807, 2.05) is 36.4 Å². The third-order valence-corrected chi connectivity index (χ3v) is 7.72. The first-order valence-corrected chi connectivity index (χ1v) is 13.3. The van der Waals surface area contributed by atoms with Crippen LogP contribution in [0.15, 0.2) is 72.8 Å². The predicted molar refractivity (Wildman–Crippen MR) is 147 cm³/mol. The molecule has 2 heterocycles. The first kappa shape index (κ1) is 24.3. The molecule has 0 spiro atoms. The van der Waals surface area contributed by atoms with Crippen LogP contribution in [0.1, 0.15) is 19.3 Å². The Kier molecular flexibility index (Phi) is 7.84. The molecule has 3 aromatic carbocycles. The molecule has 1 saturated heterocycles. The number of likely N-dealkylation sites (tertiary alicyclic amines) is 1. The lowest BCUT2D eigenvalue weighted by Gasteiger charge is -2.26. The van der Waals surface area contributed by atoms with Crippen LogP contribution in [-0.4, -0.2) is 50.3 Å². The molecular weight excluding hydrogens is 468 g/mol. The number of piperidine rings is 1. The van der Waals surface area contributed by atoms with Crippen molar-refractivity contribution in [3.8, 4) is 49.5 Å². The first-order valence-electron chi connectivity index (χ1n) is 12.5. The van der Waals surface area contributed by atoms with Gasteiger partial charge in [-0.2, -0.15) is 0 Å². The summed E-state index contributed by atoms with van der Waals surface area (Å²) in [7, 11) is 3.36. The zero-order valence-electron chi connectivity index (χ0n) is 20.9. The second-order valence-electron chi connectivity index (χ2n) is 8.93. The van der Waals surface area contributed by atoms with E-state index in [-0.39, 0.29) is 0 Å². The van der Waals surface area contributed by atoms with E-state index >= 15 is 0 Å². The first-order chi connectivity index (χ1) is 17.7. The lowest BCUT2D eigenvalue weighted by atomic mass is 10.1. The molecule has 0 bridgehead atoms. The van der Waals surface area contributed by atoms with Gasteiger partial charge in [0.05, 0.1) is 24.8 Å². The average Bonchev–Trinajstić information content (AvgIpc) is 3.40. The molecule has 0 saturated carbocycles. The molecule has 1 aliphatic rings. The van der Waals surface area contributed by atoms with Gasteiger partial charge in [0.25, 0.3) is 0 Å². The zero-order chi connectivity index (χ0) is 24.7. The van der Waals surface area contributed by atoms with Crippen LogP contribution in [0, 0.1) is 0 Å². The van der Waals surface area contributed by atoms with E-state index in [2.05, 4.69) is 41.3 Å². The molecule has 1 fully saturated rings. The largest absolute Gasteiger partial charge is 0.497 e. The van der Waals surface area contributed by atoms with E-state index in [0.29, 0.717) is 0 Å². The molecule has 5 nitrogen and oxygen atoms in total. The minimum Gasteiger partial charge on any atom is -0.497 e. The van der Waals surface area contributed by atoms with Crippen LogP contribution < -0.4 is 14.2 Å². The molecule has 0 unspecified atom stereocenters. The van der Waals surface area contributed by atoms with Crippen LogP contribution in [0.4, 0.5) is 0 Å². The summed E-state index contributed by atoms with van der Waals surface area (Å²) in [5.74, 6) is 2.57. The van der Waals surface area contributed by atoms with Crippen LogP contribution in [0.25, 0.3) is 32.3 Å². The van der Waals surface area contributed by atoms with Crippen LogP contribution in [0.3, 0.4) is 0 Å². The van der Waals surface area contributed by atoms with Crippen molar-refractivity contribution < 1.29 is 14.2 Å². The summed E-state index contributed by atoms with van der Waals surface area (Å²) in [4.78, 5) is 8.70. The fourth-order valence-electron chi connectivity index (χ4n) is 4.50. The quantitative estimate of drug-likeness (QED) is 0.247. The summed E-state index contributed by atoms with van der Waals surface area (Å²) in [5.41, 5.74) is 4.22. The maximum Gasteiger partial charge on any atom is 0.124 e. The van der Waals surface area contributed by atoms with E-state index in [1.54, 1.807) is 25.6 Å². The maximum absolute atomic E-state index is 6.03. The minimum atomic E-state index is 0.722. The Balaban J connectivity index is 1.37. The number of ether oxygens (including phenoxy) is 3. The van der Waals surface area contributed by atoms with Gasteiger partial charge < -0.3 is 14.2 Å². The molecule has 0 N–H and O–H groups in total. The van der Waals surface area contributed by atoms with Gasteiger partial charge in [0.1, 0.15) is 28.9 Å². The highest BCUT2D eigenvalue weighted by atomic mass is 32.1. The van der Waals surface area contributed by atoms with E-state index in [9.17, 15) is 0 Å². The molecule has 5 rings (SSSR count). The van der Waals surface area contributed by atoms with Crippen molar-refractivity contribution in [2.75, 3.05) is 40.5 Å². The average molecular weight is 501 g/mol. The Morgan fingerprint density at radius 3 is 1.86 bits per heavy atom. The number of thiazole rings is 1. The molecule has 0 amide bonds. The maximum atomic E-state index is 6.03. The number of aromatic nitrogens is 1. The topological polar surface area (TPSA) is 43.8 Å². The smallest absolute Gasteiger partial charge is 0.124 e. The third kappa shape index (κ3) is 5.72. The Hall–Kier alpha value is -3.35. The summed E-state index contributed by atoms with van der Waals surface area (Å²) in [6.45, 7) is 4.10. The van der Waals surface area contributed by atoms with Gasteiger partial charge in [-0.25, -0.2) is 4.98 Å². The van der Waals surface area contributed by atoms with Gasteiger partial charge in [-0.1, -0.05) is 6.42 Å². The highest BCUT2D eigenvalue weighted by Gasteiger charge is 2.17. The number of benzene rings is 3. The van der Waals surface area contributed by atoms with E-state index in [0.717, 1.165) is 62.7 Å². The summed E-state index contributed by atoms with van der Waals surface area (Å²) < 4.78 is 16.7. The molecule has 4 aromatic rings. The molecule has 6 heteroatoms. The number of rotatable bonds is 9. The van der Waals surface area contributed by atoms with Gasteiger partial charge in [0.2, 0.25) is 0 Å². The highest BCUT2D eigenvalue weighted by molar-refractivity contribution is 7.19. The lowest BCUT2D eigenvalue weighted by Crippen LogP contribution is -2.33. The van der Waals surface area contributed by atoms with Gasteiger partial charge in [-0.05, 0) is 104 Å². The van der Waals surface area contributed by atoms with Crippen LogP contribution in [-0.2, 0) is 0 Å². The van der Waals surface area contributed by atoms with Crippen LogP contribution in [0.2, 0.25) is 0 Å². The van der Waals surface area contributed by atoms with Crippen molar-refractivity contribution in [1.29, 1.82) is 0 Å². The standard InChI is InChI=1S/C30H32N2O3S/c1-33-25-12-6-22(7-13-25)28-29(23-8-14-26(34-2)15-9-23)36-30(31-28)24-10-16-27(17-11-24)35-21-20-32-18-4-3-5-19-32/h6-17H,3-5,18-21H2,1-2H3. The lowest BCUT2D eigenvalue weighted by molar-refractivity contribution is 0.183. The Labute approximate surface area is 217 Å². The van der Waals surface area contributed by atoms with Gasteiger partial charge in [0, 0.05) is 17.7 Å². The van der Waals surface area contributed by atoms with Crippen molar-refractivity contribution in [1.82, 2.24) is 9.88 Å².